The van der Waals surface area contributed by atoms with Crippen LogP contribution < -0.4 is 14.8 Å². The van der Waals surface area contributed by atoms with Crippen LogP contribution in [0.2, 0.25) is 0 Å². The molecule has 1 atom stereocenters. The monoisotopic (exact) mass is 334 g/mol. The van der Waals surface area contributed by atoms with Crippen molar-refractivity contribution in [2.24, 2.45) is 7.05 Å². The molecule has 2 rings (SSSR count). The van der Waals surface area contributed by atoms with E-state index in [4.69, 9.17) is 9.47 Å². The van der Waals surface area contributed by atoms with Gasteiger partial charge >= 0.3 is 5.69 Å². The lowest BCUT2D eigenvalue weighted by Crippen LogP contribution is -2.28. The highest BCUT2D eigenvalue weighted by atomic mass is 16.6. The fraction of sp³-hybridized carbons (Fsp3) is 0.333. The van der Waals surface area contributed by atoms with Gasteiger partial charge in [-0.25, -0.2) is 0 Å². The number of hydrogen-bond acceptors (Lipinski definition) is 6. The summed E-state index contributed by atoms with van der Waals surface area (Å²) in [6.45, 7) is 1.74. The van der Waals surface area contributed by atoms with E-state index in [0.717, 1.165) is 0 Å². The highest BCUT2D eigenvalue weighted by Crippen LogP contribution is 2.29. The first-order valence-corrected chi connectivity index (χ1v) is 7.08. The Morgan fingerprint density at radius 3 is 2.67 bits per heavy atom. The predicted octanol–water partition coefficient (Wildman–Crippen LogP) is 1.84. The number of hydrogen-bond donors (Lipinski definition) is 1. The second-order valence-electron chi connectivity index (χ2n) is 5.10. The topological polar surface area (TPSA) is 109 Å². The summed E-state index contributed by atoms with van der Waals surface area (Å²) in [5, 5.41) is 17.6. The summed E-state index contributed by atoms with van der Waals surface area (Å²) in [4.78, 5) is 22.7. The number of nitrogens with zero attached hydrogens (tertiary/aromatic N) is 3. The molecule has 1 unspecified atom stereocenters. The normalized spacial score (nSPS) is 11.7. The standard InChI is InChI=1S/C15H18N4O5/c1-9(11-7-10(23-3)5-6-13(11)24-4)16-15(20)14-12(19(21)22)8-18(2)17-14/h5-9H,1-4H3,(H,16,20). The van der Waals surface area contributed by atoms with Gasteiger partial charge in [0.2, 0.25) is 5.69 Å². The number of ether oxygens (including phenoxy) is 2. The largest absolute Gasteiger partial charge is 0.497 e. The van der Waals surface area contributed by atoms with Crippen LogP contribution >= 0.6 is 0 Å². The molecule has 0 aliphatic rings. The molecule has 24 heavy (non-hydrogen) atoms. The first-order chi connectivity index (χ1) is 11.4. The molecule has 128 valence electrons. The van der Waals surface area contributed by atoms with Gasteiger partial charge in [0.05, 0.1) is 25.2 Å². The molecule has 1 amide bonds. The second-order valence-corrected chi connectivity index (χ2v) is 5.10. The van der Waals surface area contributed by atoms with E-state index < -0.39 is 16.9 Å². The lowest BCUT2D eigenvalue weighted by atomic mass is 10.1. The third-order valence-electron chi connectivity index (χ3n) is 3.47. The number of carbonyl (C=O) groups is 1. The van der Waals surface area contributed by atoms with Gasteiger partial charge in [0.1, 0.15) is 17.7 Å². The van der Waals surface area contributed by atoms with Crippen LogP contribution in [0, 0.1) is 10.1 Å². The highest BCUT2D eigenvalue weighted by Gasteiger charge is 2.26. The Hall–Kier alpha value is -3.10. The predicted molar refractivity (Wildman–Crippen MR) is 85.3 cm³/mol. The van der Waals surface area contributed by atoms with Crippen molar-refractivity contribution in [2.75, 3.05) is 14.2 Å². The maximum absolute atomic E-state index is 12.4. The molecule has 0 radical (unpaired) electrons. The molecule has 1 heterocycles. The summed E-state index contributed by atoms with van der Waals surface area (Å²) >= 11 is 0. The number of rotatable bonds is 6. The summed E-state index contributed by atoms with van der Waals surface area (Å²) in [5.74, 6) is 0.537. The summed E-state index contributed by atoms with van der Waals surface area (Å²) < 4.78 is 11.7. The first kappa shape index (κ1) is 17.3. The van der Waals surface area contributed by atoms with E-state index in [1.54, 1.807) is 25.1 Å². The minimum absolute atomic E-state index is 0.240. The van der Waals surface area contributed by atoms with Crippen LogP contribution in [-0.2, 0) is 7.05 Å². The number of nitrogens with one attached hydrogen (secondary N) is 1. The molecule has 2 aromatic rings. The number of benzene rings is 1. The number of amides is 1. The lowest BCUT2D eigenvalue weighted by Gasteiger charge is -2.17. The third kappa shape index (κ3) is 3.45. The average Bonchev–Trinajstić information content (AvgIpc) is 2.96. The Bertz CT molecular complexity index is 771. The molecule has 0 aliphatic heterocycles. The number of methoxy groups -OCH3 is 2. The Morgan fingerprint density at radius 2 is 2.08 bits per heavy atom. The Morgan fingerprint density at radius 1 is 1.38 bits per heavy atom. The molecule has 0 saturated heterocycles. The van der Waals surface area contributed by atoms with Crippen molar-refractivity contribution in [1.29, 1.82) is 0 Å². The van der Waals surface area contributed by atoms with E-state index in [1.165, 1.54) is 32.1 Å². The SMILES string of the molecule is COc1ccc(OC)c(C(C)NC(=O)c2nn(C)cc2[N+](=O)[O-])c1. The van der Waals surface area contributed by atoms with Crippen molar-refractivity contribution in [3.63, 3.8) is 0 Å². The van der Waals surface area contributed by atoms with Gasteiger partial charge in [0, 0.05) is 12.6 Å². The van der Waals surface area contributed by atoms with Crippen molar-refractivity contribution in [3.05, 3.63) is 45.8 Å². The van der Waals surface area contributed by atoms with Gasteiger partial charge in [-0.15, -0.1) is 0 Å². The molecular formula is C15H18N4O5. The first-order valence-electron chi connectivity index (χ1n) is 7.08. The quantitative estimate of drug-likeness (QED) is 0.638. The third-order valence-corrected chi connectivity index (χ3v) is 3.47. The maximum atomic E-state index is 12.4. The van der Waals surface area contributed by atoms with E-state index in [2.05, 4.69) is 10.4 Å². The van der Waals surface area contributed by atoms with Gasteiger partial charge in [-0.3, -0.25) is 19.6 Å². The molecular weight excluding hydrogens is 316 g/mol. The number of aryl methyl sites for hydroxylation is 1. The summed E-state index contributed by atoms with van der Waals surface area (Å²) in [5.41, 5.74) is 0.0970. The molecule has 9 nitrogen and oxygen atoms in total. The van der Waals surface area contributed by atoms with Gasteiger partial charge in [0.25, 0.3) is 5.91 Å². The van der Waals surface area contributed by atoms with Crippen molar-refractivity contribution in [3.8, 4) is 11.5 Å². The summed E-state index contributed by atoms with van der Waals surface area (Å²) in [6, 6.07) is 4.72. The van der Waals surface area contributed by atoms with Crippen molar-refractivity contribution >= 4 is 11.6 Å². The highest BCUT2D eigenvalue weighted by molar-refractivity contribution is 5.96. The molecule has 1 aromatic carbocycles. The van der Waals surface area contributed by atoms with E-state index in [0.29, 0.717) is 17.1 Å². The number of nitro groups is 1. The van der Waals surface area contributed by atoms with Gasteiger partial charge in [0.15, 0.2) is 0 Å². The zero-order chi connectivity index (χ0) is 17.9. The smallest absolute Gasteiger partial charge is 0.320 e. The van der Waals surface area contributed by atoms with Crippen LogP contribution in [0.3, 0.4) is 0 Å². The zero-order valence-electron chi connectivity index (χ0n) is 13.8. The maximum Gasteiger partial charge on any atom is 0.320 e. The fourth-order valence-electron chi connectivity index (χ4n) is 2.29. The van der Waals surface area contributed by atoms with Gasteiger partial charge in [-0.1, -0.05) is 0 Å². The van der Waals surface area contributed by atoms with Gasteiger partial charge < -0.3 is 14.8 Å². The van der Waals surface area contributed by atoms with Crippen LogP contribution in [0.5, 0.6) is 11.5 Å². The molecule has 0 aliphatic carbocycles. The molecule has 1 aromatic heterocycles. The van der Waals surface area contributed by atoms with Gasteiger partial charge in [-0.2, -0.15) is 5.10 Å². The second kappa shape index (κ2) is 6.99. The van der Waals surface area contributed by atoms with Crippen LogP contribution in [0.4, 0.5) is 5.69 Å². The van der Waals surface area contributed by atoms with Crippen molar-refractivity contribution < 1.29 is 19.2 Å². The van der Waals surface area contributed by atoms with Crippen molar-refractivity contribution in [2.45, 2.75) is 13.0 Å². The van der Waals surface area contributed by atoms with E-state index >= 15 is 0 Å². The van der Waals surface area contributed by atoms with E-state index in [9.17, 15) is 14.9 Å². The Labute approximate surface area is 138 Å². The van der Waals surface area contributed by atoms with Crippen LogP contribution in [-0.4, -0.2) is 34.8 Å². The van der Waals surface area contributed by atoms with Crippen molar-refractivity contribution in [1.82, 2.24) is 15.1 Å². The van der Waals surface area contributed by atoms with E-state index in [1.807, 2.05) is 0 Å². The number of carbonyl (C=O) groups excluding carboxylic acids is 1. The molecule has 1 N–H and O–H groups in total. The molecule has 0 bridgehead atoms. The molecule has 9 heteroatoms. The van der Waals surface area contributed by atoms with Gasteiger partial charge in [-0.05, 0) is 25.1 Å². The van der Waals surface area contributed by atoms with Crippen LogP contribution in [0.1, 0.15) is 29.0 Å². The zero-order valence-corrected chi connectivity index (χ0v) is 13.8. The summed E-state index contributed by atoms with van der Waals surface area (Å²) in [7, 11) is 4.56. The van der Waals surface area contributed by atoms with Crippen LogP contribution in [0.15, 0.2) is 24.4 Å². The minimum atomic E-state index is -0.640. The Kier molecular flexibility index (Phi) is 5.02. The molecule has 0 saturated carbocycles. The average molecular weight is 334 g/mol. The molecule has 0 spiro atoms. The number of aromatic nitrogens is 2. The lowest BCUT2D eigenvalue weighted by molar-refractivity contribution is -0.385. The minimum Gasteiger partial charge on any atom is -0.497 e. The Balaban J connectivity index is 2.28. The fourth-order valence-corrected chi connectivity index (χ4v) is 2.29. The molecule has 0 fully saturated rings. The summed E-state index contributed by atoms with van der Waals surface area (Å²) in [6.07, 6.45) is 1.19. The van der Waals surface area contributed by atoms with Crippen LogP contribution in [0.25, 0.3) is 0 Å². The van der Waals surface area contributed by atoms with E-state index in [-0.39, 0.29) is 11.4 Å².